The molecule has 3 rings (SSSR count). The van der Waals surface area contributed by atoms with Crippen LogP contribution in [-0.4, -0.2) is 27.5 Å². The third kappa shape index (κ3) is 3.03. The Morgan fingerprint density at radius 1 is 1.52 bits per heavy atom. The molecule has 5 nitrogen and oxygen atoms in total. The molecule has 0 aromatic carbocycles. The van der Waals surface area contributed by atoms with Gasteiger partial charge in [-0.1, -0.05) is 5.16 Å². The van der Waals surface area contributed by atoms with E-state index >= 15 is 0 Å². The summed E-state index contributed by atoms with van der Waals surface area (Å²) in [6, 6.07) is 3.93. The summed E-state index contributed by atoms with van der Waals surface area (Å²) in [7, 11) is 0. The number of amides is 1. The molecule has 2 unspecified atom stereocenters. The van der Waals surface area contributed by atoms with Gasteiger partial charge in [-0.2, -0.15) is 4.98 Å². The molecule has 0 radical (unpaired) electrons. The van der Waals surface area contributed by atoms with Crippen LogP contribution in [0.3, 0.4) is 0 Å². The number of carbonyl (C=O) groups is 1. The van der Waals surface area contributed by atoms with Crippen LogP contribution < -0.4 is 0 Å². The summed E-state index contributed by atoms with van der Waals surface area (Å²) in [5.74, 6) is 0.607. The molecular weight excluding hydrogens is 354 g/mol. The first-order valence-electron chi connectivity index (χ1n) is 6.99. The minimum Gasteiger partial charge on any atom is -0.343 e. The summed E-state index contributed by atoms with van der Waals surface area (Å²) >= 11 is 5.06. The third-order valence-electron chi connectivity index (χ3n) is 3.85. The van der Waals surface area contributed by atoms with Crippen molar-refractivity contribution in [1.82, 2.24) is 15.0 Å². The zero-order valence-corrected chi connectivity index (χ0v) is 14.1. The van der Waals surface area contributed by atoms with Gasteiger partial charge in [0.15, 0.2) is 5.82 Å². The fraction of sp³-hybridized carbons (Fsp3) is 0.500. The van der Waals surface area contributed by atoms with E-state index in [1.165, 1.54) is 6.39 Å². The van der Waals surface area contributed by atoms with E-state index in [0.29, 0.717) is 5.82 Å². The molecule has 1 amide bonds. The van der Waals surface area contributed by atoms with E-state index in [4.69, 9.17) is 4.52 Å². The van der Waals surface area contributed by atoms with E-state index in [-0.39, 0.29) is 17.9 Å². The molecular formula is C14H16BrN3O2S. The minimum atomic E-state index is -0.145. The van der Waals surface area contributed by atoms with Crippen molar-refractivity contribution in [2.45, 2.75) is 38.1 Å². The second-order valence-electron chi connectivity index (χ2n) is 5.20. The molecule has 1 aliphatic heterocycles. The predicted octanol–water partition coefficient (Wildman–Crippen LogP) is 3.75. The zero-order chi connectivity index (χ0) is 14.8. The number of thiophene rings is 1. The Morgan fingerprint density at radius 2 is 2.38 bits per heavy atom. The van der Waals surface area contributed by atoms with E-state index in [9.17, 15) is 4.79 Å². The zero-order valence-electron chi connectivity index (χ0n) is 11.7. The number of aromatic nitrogens is 2. The fourth-order valence-electron chi connectivity index (χ4n) is 2.72. The SMILES string of the molecule is CC(C(=O)N1CCCCC1c1ncon1)c1ccc(Br)s1. The Hall–Kier alpha value is -1.21. The summed E-state index contributed by atoms with van der Waals surface area (Å²) in [4.78, 5) is 20.0. The predicted molar refractivity (Wildman–Crippen MR) is 83.0 cm³/mol. The lowest BCUT2D eigenvalue weighted by Crippen LogP contribution is -2.41. The number of carbonyl (C=O) groups excluding carboxylic acids is 1. The van der Waals surface area contributed by atoms with Crippen LogP contribution in [0.4, 0.5) is 0 Å². The Balaban J connectivity index is 1.81. The van der Waals surface area contributed by atoms with Crippen LogP contribution in [0.5, 0.6) is 0 Å². The first-order chi connectivity index (χ1) is 10.2. The van der Waals surface area contributed by atoms with Crippen LogP contribution in [0.2, 0.25) is 0 Å². The molecule has 0 spiro atoms. The van der Waals surface area contributed by atoms with Gasteiger partial charge in [-0.25, -0.2) is 0 Å². The van der Waals surface area contributed by atoms with Crippen LogP contribution >= 0.6 is 27.3 Å². The van der Waals surface area contributed by atoms with Crippen molar-refractivity contribution in [2.24, 2.45) is 0 Å². The van der Waals surface area contributed by atoms with Gasteiger partial charge in [0, 0.05) is 11.4 Å². The lowest BCUT2D eigenvalue weighted by atomic mass is 9.98. The van der Waals surface area contributed by atoms with Crippen molar-refractivity contribution in [3.05, 3.63) is 33.0 Å². The number of nitrogens with zero attached hydrogens (tertiary/aromatic N) is 3. The van der Waals surface area contributed by atoms with Crippen LogP contribution in [0.25, 0.3) is 0 Å². The summed E-state index contributed by atoms with van der Waals surface area (Å²) in [5.41, 5.74) is 0. The highest BCUT2D eigenvalue weighted by Crippen LogP contribution is 2.34. The minimum absolute atomic E-state index is 0.0594. The highest BCUT2D eigenvalue weighted by atomic mass is 79.9. The molecule has 1 saturated heterocycles. The topological polar surface area (TPSA) is 59.2 Å². The maximum atomic E-state index is 12.8. The molecule has 2 aromatic heterocycles. The van der Waals surface area contributed by atoms with E-state index in [0.717, 1.165) is 34.5 Å². The first-order valence-corrected chi connectivity index (χ1v) is 8.59. The second kappa shape index (κ2) is 6.27. The highest BCUT2D eigenvalue weighted by molar-refractivity contribution is 9.11. The molecule has 0 bridgehead atoms. The number of hydrogen-bond donors (Lipinski definition) is 0. The van der Waals surface area contributed by atoms with E-state index in [2.05, 4.69) is 26.1 Å². The fourth-order valence-corrected chi connectivity index (χ4v) is 4.19. The summed E-state index contributed by atoms with van der Waals surface area (Å²) in [5, 5.41) is 3.92. The Bertz CT molecular complexity index is 614. The lowest BCUT2D eigenvalue weighted by molar-refractivity contribution is -0.136. The Kier molecular flexibility index (Phi) is 4.40. The smallest absolute Gasteiger partial charge is 0.231 e. The van der Waals surface area contributed by atoms with Gasteiger partial charge in [-0.15, -0.1) is 11.3 Å². The van der Waals surface area contributed by atoms with E-state index in [1.54, 1.807) is 11.3 Å². The van der Waals surface area contributed by atoms with E-state index < -0.39 is 0 Å². The molecule has 112 valence electrons. The molecule has 0 aliphatic carbocycles. The van der Waals surface area contributed by atoms with Crippen molar-refractivity contribution in [2.75, 3.05) is 6.54 Å². The molecule has 7 heteroatoms. The highest BCUT2D eigenvalue weighted by Gasteiger charge is 2.33. The van der Waals surface area contributed by atoms with Crippen molar-refractivity contribution in [3.8, 4) is 0 Å². The summed E-state index contributed by atoms with van der Waals surface area (Å²) < 4.78 is 5.89. The quantitative estimate of drug-likeness (QED) is 0.826. The molecule has 2 aromatic rings. The number of hydrogen-bond acceptors (Lipinski definition) is 5. The molecule has 2 atom stereocenters. The summed E-state index contributed by atoms with van der Waals surface area (Å²) in [6.45, 7) is 2.72. The largest absolute Gasteiger partial charge is 0.343 e. The van der Waals surface area contributed by atoms with Crippen LogP contribution in [-0.2, 0) is 4.79 Å². The maximum Gasteiger partial charge on any atom is 0.231 e. The number of halogens is 1. The van der Waals surface area contributed by atoms with Crippen molar-refractivity contribution < 1.29 is 9.32 Å². The van der Waals surface area contributed by atoms with Gasteiger partial charge in [0.2, 0.25) is 12.3 Å². The maximum absolute atomic E-state index is 12.8. The third-order valence-corrected chi connectivity index (χ3v) is 5.66. The molecule has 0 saturated carbocycles. The van der Waals surface area contributed by atoms with Gasteiger partial charge in [-0.05, 0) is 54.2 Å². The van der Waals surface area contributed by atoms with Crippen LogP contribution in [0.15, 0.2) is 26.8 Å². The van der Waals surface area contributed by atoms with Crippen molar-refractivity contribution in [1.29, 1.82) is 0 Å². The molecule has 0 N–H and O–H groups in total. The number of piperidine rings is 1. The van der Waals surface area contributed by atoms with Gasteiger partial charge < -0.3 is 9.42 Å². The monoisotopic (exact) mass is 369 g/mol. The Morgan fingerprint density at radius 3 is 3.05 bits per heavy atom. The van der Waals surface area contributed by atoms with E-state index in [1.807, 2.05) is 24.0 Å². The lowest BCUT2D eigenvalue weighted by Gasteiger charge is -2.35. The molecule has 21 heavy (non-hydrogen) atoms. The normalized spacial score (nSPS) is 20.5. The van der Waals surface area contributed by atoms with Gasteiger partial charge in [-0.3, -0.25) is 4.79 Å². The number of rotatable bonds is 3. The van der Waals surface area contributed by atoms with Gasteiger partial charge in [0.05, 0.1) is 15.7 Å². The van der Waals surface area contributed by atoms with Crippen molar-refractivity contribution >= 4 is 33.2 Å². The van der Waals surface area contributed by atoms with Gasteiger partial charge >= 0.3 is 0 Å². The average Bonchev–Trinajstić information content (AvgIpc) is 3.17. The second-order valence-corrected chi connectivity index (χ2v) is 7.69. The van der Waals surface area contributed by atoms with Crippen molar-refractivity contribution in [3.63, 3.8) is 0 Å². The van der Waals surface area contributed by atoms with Crippen LogP contribution in [0, 0.1) is 0 Å². The summed E-state index contributed by atoms with van der Waals surface area (Å²) in [6.07, 6.45) is 4.33. The Labute approximate surface area is 135 Å². The first kappa shape index (κ1) is 14.7. The van der Waals surface area contributed by atoms with Gasteiger partial charge in [0.1, 0.15) is 0 Å². The molecule has 3 heterocycles. The molecule has 1 fully saturated rings. The molecule has 1 aliphatic rings. The number of likely N-dealkylation sites (tertiary alicyclic amines) is 1. The standard InChI is InChI=1S/C14H16BrN3O2S/c1-9(11-5-6-12(15)21-11)14(19)18-7-3-2-4-10(18)13-16-8-20-17-13/h5-6,8-10H,2-4,7H2,1H3. The van der Waals surface area contributed by atoms with Crippen LogP contribution in [0.1, 0.15) is 48.8 Å². The average molecular weight is 370 g/mol. The van der Waals surface area contributed by atoms with Gasteiger partial charge in [0.25, 0.3) is 0 Å².